The van der Waals surface area contributed by atoms with Crippen molar-refractivity contribution in [3.8, 4) is 0 Å². The van der Waals surface area contributed by atoms with Gasteiger partial charge >= 0.3 is 0 Å². The molecule has 2 rings (SSSR count). The Hall–Kier alpha value is -0.430. The van der Waals surface area contributed by atoms with Crippen molar-refractivity contribution in [2.45, 2.75) is 24.2 Å². The van der Waals surface area contributed by atoms with Gasteiger partial charge in [-0.05, 0) is 42.9 Å². The first-order valence-corrected chi connectivity index (χ1v) is 4.57. The van der Waals surface area contributed by atoms with Crippen LogP contribution >= 0.6 is 12.6 Å². The first kappa shape index (κ1) is 7.23. The third kappa shape index (κ3) is 2.00. The standard InChI is InChI=1S/C10H12S/c11-10-5-3-9(4-6-10)7-8-1-2-8/h3-6,8,11H,1-2,7H2. The molecule has 1 heteroatoms. The average molecular weight is 164 g/mol. The summed E-state index contributed by atoms with van der Waals surface area (Å²) in [5.74, 6) is 0.987. The van der Waals surface area contributed by atoms with Crippen LogP contribution in [0.15, 0.2) is 29.2 Å². The molecule has 11 heavy (non-hydrogen) atoms. The molecule has 0 aromatic heterocycles. The lowest BCUT2D eigenvalue weighted by Gasteiger charge is -1.98. The molecule has 0 radical (unpaired) electrons. The largest absolute Gasteiger partial charge is 0.143 e. The zero-order chi connectivity index (χ0) is 7.68. The van der Waals surface area contributed by atoms with E-state index in [9.17, 15) is 0 Å². The monoisotopic (exact) mass is 164 g/mol. The molecule has 1 saturated carbocycles. The molecule has 1 fully saturated rings. The SMILES string of the molecule is Sc1ccc(CC2CC2)cc1. The minimum Gasteiger partial charge on any atom is -0.143 e. The number of hydrogen-bond donors (Lipinski definition) is 1. The smallest absolute Gasteiger partial charge is 0.00401 e. The zero-order valence-electron chi connectivity index (χ0n) is 6.46. The number of thiol groups is 1. The van der Waals surface area contributed by atoms with Gasteiger partial charge in [0.05, 0.1) is 0 Å². The van der Waals surface area contributed by atoms with Crippen LogP contribution in [0.2, 0.25) is 0 Å². The third-order valence-electron chi connectivity index (χ3n) is 2.16. The van der Waals surface area contributed by atoms with Crippen molar-refractivity contribution < 1.29 is 0 Å². The Labute approximate surface area is 73.0 Å². The molecule has 1 aromatic carbocycles. The fraction of sp³-hybridized carbons (Fsp3) is 0.400. The van der Waals surface area contributed by atoms with Crippen LogP contribution in [0.1, 0.15) is 18.4 Å². The summed E-state index contributed by atoms with van der Waals surface area (Å²) in [6, 6.07) is 8.50. The van der Waals surface area contributed by atoms with E-state index in [2.05, 4.69) is 36.9 Å². The van der Waals surface area contributed by atoms with Gasteiger partial charge in [-0.25, -0.2) is 0 Å². The Balaban J connectivity index is 2.06. The first-order valence-electron chi connectivity index (χ1n) is 4.12. The minimum atomic E-state index is 0.987. The van der Waals surface area contributed by atoms with E-state index in [0.717, 1.165) is 10.8 Å². The normalized spacial score (nSPS) is 16.8. The lowest BCUT2D eigenvalue weighted by atomic mass is 10.1. The predicted molar refractivity (Wildman–Crippen MR) is 50.1 cm³/mol. The van der Waals surface area contributed by atoms with Crippen LogP contribution < -0.4 is 0 Å². The second kappa shape index (κ2) is 2.90. The topological polar surface area (TPSA) is 0 Å². The van der Waals surface area contributed by atoms with E-state index in [1.807, 2.05) is 0 Å². The van der Waals surface area contributed by atoms with Crippen molar-refractivity contribution in [1.82, 2.24) is 0 Å². The van der Waals surface area contributed by atoms with Crippen LogP contribution in [-0.2, 0) is 6.42 Å². The summed E-state index contributed by atoms with van der Waals surface area (Å²) in [7, 11) is 0. The molecule has 0 amide bonds. The van der Waals surface area contributed by atoms with Gasteiger partial charge < -0.3 is 0 Å². The summed E-state index contributed by atoms with van der Waals surface area (Å²) in [4.78, 5) is 1.06. The van der Waals surface area contributed by atoms with Gasteiger partial charge in [-0.1, -0.05) is 12.1 Å². The lowest BCUT2D eigenvalue weighted by Crippen LogP contribution is -1.84. The molecule has 0 unspecified atom stereocenters. The van der Waals surface area contributed by atoms with Gasteiger partial charge in [0, 0.05) is 4.90 Å². The van der Waals surface area contributed by atoms with Crippen LogP contribution in [-0.4, -0.2) is 0 Å². The van der Waals surface area contributed by atoms with Crippen LogP contribution in [0.5, 0.6) is 0 Å². The lowest BCUT2D eigenvalue weighted by molar-refractivity contribution is 0.831. The summed E-state index contributed by atoms with van der Waals surface area (Å²) < 4.78 is 0. The second-order valence-corrected chi connectivity index (χ2v) is 3.83. The molecule has 0 aliphatic heterocycles. The Morgan fingerprint density at radius 1 is 1.18 bits per heavy atom. The Morgan fingerprint density at radius 2 is 1.82 bits per heavy atom. The molecule has 0 heterocycles. The van der Waals surface area contributed by atoms with Crippen molar-refractivity contribution in [3.63, 3.8) is 0 Å². The molecule has 1 aliphatic carbocycles. The van der Waals surface area contributed by atoms with E-state index in [1.54, 1.807) is 0 Å². The predicted octanol–water partition coefficient (Wildman–Crippen LogP) is 2.93. The van der Waals surface area contributed by atoms with Gasteiger partial charge in [-0.3, -0.25) is 0 Å². The molecule has 0 atom stereocenters. The van der Waals surface area contributed by atoms with Crippen LogP contribution in [0, 0.1) is 5.92 Å². The minimum absolute atomic E-state index is 0.987. The van der Waals surface area contributed by atoms with E-state index < -0.39 is 0 Å². The number of benzene rings is 1. The molecule has 58 valence electrons. The van der Waals surface area contributed by atoms with Gasteiger partial charge in [-0.2, -0.15) is 0 Å². The third-order valence-corrected chi connectivity index (χ3v) is 2.46. The maximum atomic E-state index is 4.24. The highest BCUT2D eigenvalue weighted by Crippen LogP contribution is 2.32. The quantitative estimate of drug-likeness (QED) is 0.638. The fourth-order valence-corrected chi connectivity index (χ4v) is 1.44. The summed E-state index contributed by atoms with van der Waals surface area (Å²) in [6.07, 6.45) is 4.14. The summed E-state index contributed by atoms with van der Waals surface area (Å²) >= 11 is 4.24. The van der Waals surface area contributed by atoms with E-state index in [0.29, 0.717) is 0 Å². The van der Waals surface area contributed by atoms with E-state index in [4.69, 9.17) is 0 Å². The maximum absolute atomic E-state index is 4.24. The highest BCUT2D eigenvalue weighted by atomic mass is 32.1. The molecule has 1 aromatic rings. The fourth-order valence-electron chi connectivity index (χ4n) is 1.29. The van der Waals surface area contributed by atoms with Crippen LogP contribution in [0.3, 0.4) is 0 Å². The van der Waals surface area contributed by atoms with Gasteiger partial charge in [0.1, 0.15) is 0 Å². The van der Waals surface area contributed by atoms with E-state index in [1.165, 1.54) is 24.8 Å². The summed E-state index contributed by atoms with van der Waals surface area (Å²) in [6.45, 7) is 0. The number of hydrogen-bond acceptors (Lipinski definition) is 1. The highest BCUT2D eigenvalue weighted by Gasteiger charge is 2.20. The summed E-state index contributed by atoms with van der Waals surface area (Å²) in [5.41, 5.74) is 1.46. The molecule has 0 N–H and O–H groups in total. The Morgan fingerprint density at radius 3 is 2.36 bits per heavy atom. The molecular formula is C10H12S. The van der Waals surface area contributed by atoms with Gasteiger partial charge in [0.25, 0.3) is 0 Å². The zero-order valence-corrected chi connectivity index (χ0v) is 7.35. The van der Waals surface area contributed by atoms with Gasteiger partial charge in [0.15, 0.2) is 0 Å². The molecule has 0 bridgehead atoms. The van der Waals surface area contributed by atoms with Crippen molar-refractivity contribution in [2.75, 3.05) is 0 Å². The summed E-state index contributed by atoms with van der Waals surface area (Å²) in [5, 5.41) is 0. The van der Waals surface area contributed by atoms with E-state index in [-0.39, 0.29) is 0 Å². The van der Waals surface area contributed by atoms with Crippen LogP contribution in [0.25, 0.3) is 0 Å². The first-order chi connectivity index (χ1) is 5.34. The molecular weight excluding hydrogens is 152 g/mol. The van der Waals surface area contributed by atoms with E-state index >= 15 is 0 Å². The molecule has 0 saturated heterocycles. The van der Waals surface area contributed by atoms with Crippen molar-refractivity contribution in [2.24, 2.45) is 5.92 Å². The second-order valence-electron chi connectivity index (χ2n) is 3.31. The van der Waals surface area contributed by atoms with Gasteiger partial charge in [0.2, 0.25) is 0 Å². The average Bonchev–Trinajstić information content (AvgIpc) is 2.78. The molecule has 0 spiro atoms. The maximum Gasteiger partial charge on any atom is 0.00401 e. The van der Waals surface area contributed by atoms with Crippen molar-refractivity contribution >= 4 is 12.6 Å². The van der Waals surface area contributed by atoms with Gasteiger partial charge in [-0.15, -0.1) is 12.6 Å². The Kier molecular flexibility index (Phi) is 1.91. The highest BCUT2D eigenvalue weighted by molar-refractivity contribution is 7.80. The van der Waals surface area contributed by atoms with Crippen LogP contribution in [0.4, 0.5) is 0 Å². The number of rotatable bonds is 2. The van der Waals surface area contributed by atoms with Crippen molar-refractivity contribution in [1.29, 1.82) is 0 Å². The molecule has 1 aliphatic rings. The molecule has 0 nitrogen and oxygen atoms in total. The Bertz CT molecular complexity index is 234. The van der Waals surface area contributed by atoms with Crippen molar-refractivity contribution in [3.05, 3.63) is 29.8 Å².